The van der Waals surface area contributed by atoms with E-state index in [9.17, 15) is 5.11 Å². The van der Waals surface area contributed by atoms with Crippen molar-refractivity contribution < 1.29 is 9.84 Å². The zero-order valence-electron chi connectivity index (χ0n) is 13.0. The van der Waals surface area contributed by atoms with Gasteiger partial charge in [0.1, 0.15) is 11.9 Å². The van der Waals surface area contributed by atoms with Gasteiger partial charge in [0.05, 0.1) is 6.61 Å². The molecule has 1 aromatic rings. The third-order valence-electron chi connectivity index (χ3n) is 4.17. The van der Waals surface area contributed by atoms with Crippen LogP contribution in [-0.2, 0) is 0 Å². The van der Waals surface area contributed by atoms with E-state index in [2.05, 4.69) is 29.7 Å². The standard InChI is InChI=1S/C18H22N2O2/c1-12-14(11-21)18(19-2)17-15(20-12)9-6-10-16(17)22-13-7-4-3-5-8-13/h3-9,12,16,19-21H,10-11H2,1-2H3. The van der Waals surface area contributed by atoms with Gasteiger partial charge in [-0.25, -0.2) is 0 Å². The maximum absolute atomic E-state index is 9.71. The van der Waals surface area contributed by atoms with Crippen LogP contribution in [-0.4, -0.2) is 30.9 Å². The van der Waals surface area contributed by atoms with Crippen molar-refractivity contribution in [2.24, 2.45) is 0 Å². The molecule has 2 atom stereocenters. The highest BCUT2D eigenvalue weighted by Gasteiger charge is 2.31. The van der Waals surface area contributed by atoms with Gasteiger partial charge in [0.2, 0.25) is 0 Å². The summed E-state index contributed by atoms with van der Waals surface area (Å²) in [6.07, 6.45) is 4.98. The SMILES string of the molecule is CNC1=C(CO)C(C)NC2=C1C(Oc1ccccc1)CC=C2. The fourth-order valence-corrected chi connectivity index (χ4v) is 3.10. The Bertz CT molecular complexity index is 632. The van der Waals surface area contributed by atoms with Crippen molar-refractivity contribution in [2.75, 3.05) is 13.7 Å². The Morgan fingerprint density at radius 1 is 1.32 bits per heavy atom. The van der Waals surface area contributed by atoms with E-state index < -0.39 is 0 Å². The number of nitrogens with one attached hydrogen (secondary N) is 2. The van der Waals surface area contributed by atoms with Gasteiger partial charge in [-0.2, -0.15) is 0 Å². The second-order valence-electron chi connectivity index (χ2n) is 5.56. The molecule has 0 aromatic heterocycles. The summed E-state index contributed by atoms with van der Waals surface area (Å²) in [6, 6.07) is 9.95. The molecule has 1 aliphatic carbocycles. The van der Waals surface area contributed by atoms with Gasteiger partial charge in [-0.3, -0.25) is 0 Å². The number of hydrogen-bond acceptors (Lipinski definition) is 4. The number of hydrogen-bond donors (Lipinski definition) is 3. The Morgan fingerprint density at radius 3 is 2.77 bits per heavy atom. The molecule has 1 aromatic carbocycles. The molecule has 4 heteroatoms. The molecule has 0 spiro atoms. The van der Waals surface area contributed by atoms with Crippen molar-refractivity contribution >= 4 is 0 Å². The van der Waals surface area contributed by atoms with Crippen molar-refractivity contribution in [1.82, 2.24) is 10.6 Å². The Morgan fingerprint density at radius 2 is 2.09 bits per heavy atom. The Kier molecular flexibility index (Phi) is 4.20. The van der Waals surface area contributed by atoms with Crippen LogP contribution in [0.4, 0.5) is 0 Å². The second-order valence-corrected chi connectivity index (χ2v) is 5.56. The van der Waals surface area contributed by atoms with Crippen molar-refractivity contribution in [3.05, 3.63) is 65.0 Å². The fourth-order valence-electron chi connectivity index (χ4n) is 3.10. The van der Waals surface area contributed by atoms with Crippen molar-refractivity contribution in [3.8, 4) is 5.75 Å². The molecule has 2 aliphatic rings. The summed E-state index contributed by atoms with van der Waals surface area (Å²) in [6.45, 7) is 2.09. The molecule has 22 heavy (non-hydrogen) atoms. The molecule has 2 unspecified atom stereocenters. The minimum absolute atomic E-state index is 0.0306. The molecule has 1 aliphatic heterocycles. The number of ether oxygens (including phenoxy) is 1. The Hall–Kier alpha value is -2.20. The zero-order chi connectivity index (χ0) is 15.5. The first-order valence-corrected chi connectivity index (χ1v) is 7.65. The van der Waals surface area contributed by atoms with Crippen LogP contribution in [0.2, 0.25) is 0 Å². The quantitative estimate of drug-likeness (QED) is 0.797. The molecule has 1 heterocycles. The lowest BCUT2D eigenvalue weighted by Gasteiger charge is -2.35. The molecule has 0 bridgehead atoms. The zero-order valence-corrected chi connectivity index (χ0v) is 13.0. The first-order valence-electron chi connectivity index (χ1n) is 7.65. The van der Waals surface area contributed by atoms with Gasteiger partial charge >= 0.3 is 0 Å². The number of aliphatic hydroxyl groups is 1. The van der Waals surface area contributed by atoms with E-state index in [4.69, 9.17) is 4.74 Å². The average molecular weight is 298 g/mol. The number of dihydropyridines is 1. The van der Waals surface area contributed by atoms with E-state index in [-0.39, 0.29) is 18.8 Å². The predicted molar refractivity (Wildman–Crippen MR) is 87.4 cm³/mol. The normalized spacial score (nSPS) is 24.0. The highest BCUT2D eigenvalue weighted by molar-refractivity contribution is 5.51. The first kappa shape index (κ1) is 14.7. The molecule has 0 fully saturated rings. The third kappa shape index (κ3) is 2.62. The lowest BCUT2D eigenvalue weighted by molar-refractivity contribution is 0.235. The summed E-state index contributed by atoms with van der Waals surface area (Å²) >= 11 is 0. The summed E-state index contributed by atoms with van der Waals surface area (Å²) in [4.78, 5) is 0. The summed E-state index contributed by atoms with van der Waals surface area (Å²) < 4.78 is 6.18. The van der Waals surface area contributed by atoms with Gasteiger partial charge < -0.3 is 20.5 Å². The molecule has 0 amide bonds. The van der Waals surface area contributed by atoms with E-state index in [0.29, 0.717) is 0 Å². The van der Waals surface area contributed by atoms with Gasteiger partial charge in [0.15, 0.2) is 0 Å². The highest BCUT2D eigenvalue weighted by Crippen LogP contribution is 2.33. The molecule has 4 nitrogen and oxygen atoms in total. The molecule has 3 rings (SSSR count). The van der Waals surface area contributed by atoms with E-state index in [0.717, 1.165) is 34.7 Å². The third-order valence-corrected chi connectivity index (χ3v) is 4.17. The van der Waals surface area contributed by atoms with Crippen LogP contribution in [0.5, 0.6) is 5.75 Å². The predicted octanol–water partition coefficient (Wildman–Crippen LogP) is 2.11. The lowest BCUT2D eigenvalue weighted by Crippen LogP contribution is -2.41. The van der Waals surface area contributed by atoms with Crippen LogP contribution in [0, 0.1) is 0 Å². The first-order chi connectivity index (χ1) is 10.7. The number of allylic oxidation sites excluding steroid dienone is 1. The van der Waals surface area contributed by atoms with Crippen molar-refractivity contribution in [1.29, 1.82) is 0 Å². The maximum Gasteiger partial charge on any atom is 0.131 e. The summed E-state index contributed by atoms with van der Waals surface area (Å²) in [7, 11) is 1.89. The fraction of sp³-hybridized carbons (Fsp3) is 0.333. The van der Waals surface area contributed by atoms with Gasteiger partial charge in [-0.05, 0) is 25.1 Å². The van der Waals surface area contributed by atoms with Crippen molar-refractivity contribution in [2.45, 2.75) is 25.5 Å². The van der Waals surface area contributed by atoms with Crippen LogP contribution in [0.25, 0.3) is 0 Å². The summed E-state index contributed by atoms with van der Waals surface area (Å²) in [5.41, 5.74) is 4.13. The van der Waals surface area contributed by atoms with Gasteiger partial charge in [-0.1, -0.05) is 24.3 Å². The molecule has 0 saturated heterocycles. The molecule has 0 saturated carbocycles. The molecule has 116 valence electrons. The van der Waals surface area contributed by atoms with Gasteiger partial charge in [0.25, 0.3) is 0 Å². The average Bonchev–Trinajstić information content (AvgIpc) is 2.54. The van der Waals surface area contributed by atoms with E-state index >= 15 is 0 Å². The minimum atomic E-state index is -0.0635. The van der Waals surface area contributed by atoms with E-state index in [1.807, 2.05) is 37.4 Å². The maximum atomic E-state index is 9.71. The Balaban J connectivity index is 1.97. The molecular formula is C18H22N2O2. The van der Waals surface area contributed by atoms with E-state index in [1.165, 1.54) is 0 Å². The number of benzene rings is 1. The molecule has 3 N–H and O–H groups in total. The molecule has 0 radical (unpaired) electrons. The van der Waals surface area contributed by atoms with E-state index in [1.54, 1.807) is 0 Å². The highest BCUT2D eigenvalue weighted by atomic mass is 16.5. The van der Waals surface area contributed by atoms with Gasteiger partial charge in [-0.15, -0.1) is 0 Å². The monoisotopic (exact) mass is 298 g/mol. The van der Waals surface area contributed by atoms with Crippen LogP contribution < -0.4 is 15.4 Å². The minimum Gasteiger partial charge on any atom is -0.485 e. The number of rotatable bonds is 4. The smallest absolute Gasteiger partial charge is 0.131 e. The van der Waals surface area contributed by atoms with Crippen LogP contribution in [0.15, 0.2) is 65.0 Å². The van der Waals surface area contributed by atoms with Crippen LogP contribution in [0.3, 0.4) is 0 Å². The molecular weight excluding hydrogens is 276 g/mol. The van der Waals surface area contributed by atoms with Gasteiger partial charge in [0, 0.05) is 42.1 Å². The number of likely N-dealkylation sites (N-methyl/N-ethyl adjacent to an activating group) is 1. The second kappa shape index (κ2) is 6.28. The largest absolute Gasteiger partial charge is 0.485 e. The summed E-state index contributed by atoms with van der Waals surface area (Å²) in [5, 5.41) is 16.4. The topological polar surface area (TPSA) is 53.5 Å². The number of aliphatic hydroxyl groups excluding tert-OH is 1. The number of para-hydroxylation sites is 1. The Labute approximate surface area is 131 Å². The van der Waals surface area contributed by atoms with Crippen molar-refractivity contribution in [3.63, 3.8) is 0 Å². The van der Waals surface area contributed by atoms with Crippen LogP contribution >= 0.6 is 0 Å². The summed E-state index contributed by atoms with van der Waals surface area (Å²) in [5.74, 6) is 0.856. The van der Waals surface area contributed by atoms with Crippen LogP contribution in [0.1, 0.15) is 13.3 Å². The lowest BCUT2D eigenvalue weighted by atomic mass is 9.88.